The van der Waals surface area contributed by atoms with Crippen LogP contribution in [0.4, 0.5) is 10.1 Å². The number of amides is 2. The van der Waals surface area contributed by atoms with E-state index in [1.807, 2.05) is 19.1 Å². The highest BCUT2D eigenvalue weighted by atomic mass is 19.1. The summed E-state index contributed by atoms with van der Waals surface area (Å²) >= 11 is 0. The van der Waals surface area contributed by atoms with Gasteiger partial charge in [0.25, 0.3) is 11.5 Å². The number of carbonyl (C=O) groups excluding carboxylic acids is 2. The number of rotatable bonds is 8. The Morgan fingerprint density at radius 3 is 2.61 bits per heavy atom. The Morgan fingerprint density at radius 1 is 1.13 bits per heavy atom. The van der Waals surface area contributed by atoms with Crippen molar-refractivity contribution in [3.63, 3.8) is 0 Å². The van der Waals surface area contributed by atoms with Gasteiger partial charge in [0.1, 0.15) is 17.9 Å². The van der Waals surface area contributed by atoms with Crippen LogP contribution in [0.3, 0.4) is 0 Å². The number of hydrogen-bond donors (Lipinski definition) is 3. The third kappa shape index (κ3) is 5.53. The van der Waals surface area contributed by atoms with Crippen LogP contribution in [0.25, 0.3) is 22.4 Å². The first-order valence-electron chi connectivity index (χ1n) is 14.8. The maximum absolute atomic E-state index is 16.0. The normalized spacial score (nSPS) is 16.9. The van der Waals surface area contributed by atoms with Crippen LogP contribution in [0.2, 0.25) is 0 Å². The number of carbonyl (C=O) groups is 2. The molecule has 2 aliphatic rings. The smallest absolute Gasteiger partial charge is 0.330 e. The zero-order valence-corrected chi connectivity index (χ0v) is 25.8. The molecule has 0 aliphatic carbocycles. The van der Waals surface area contributed by atoms with Crippen molar-refractivity contribution >= 4 is 17.5 Å². The number of nitrogens with one attached hydrogen (secondary N) is 3. The fraction of sp³-hybridized carbons (Fsp3) is 0.303. The maximum atomic E-state index is 16.0. The summed E-state index contributed by atoms with van der Waals surface area (Å²) in [6.07, 6.45) is 2.43. The van der Waals surface area contributed by atoms with Crippen LogP contribution < -0.4 is 36.7 Å². The second-order valence-electron chi connectivity index (χ2n) is 11.4. The second-order valence-corrected chi connectivity index (χ2v) is 11.4. The van der Waals surface area contributed by atoms with Gasteiger partial charge in [0.2, 0.25) is 11.8 Å². The average Bonchev–Trinajstić information content (AvgIpc) is 3.66. The average molecular weight is 629 g/mol. The van der Waals surface area contributed by atoms with E-state index in [2.05, 4.69) is 16.0 Å². The van der Waals surface area contributed by atoms with E-state index in [0.717, 1.165) is 38.4 Å². The first-order chi connectivity index (χ1) is 22.1. The van der Waals surface area contributed by atoms with E-state index >= 15 is 4.39 Å². The summed E-state index contributed by atoms with van der Waals surface area (Å²) in [6.45, 7) is 2.83. The Balaban J connectivity index is 1.29. The molecule has 4 heterocycles. The highest BCUT2D eigenvalue weighted by molar-refractivity contribution is 6.04. The van der Waals surface area contributed by atoms with E-state index in [4.69, 9.17) is 14.5 Å². The summed E-state index contributed by atoms with van der Waals surface area (Å²) in [5, 5.41) is 8.89. The standard InChI is InChI=1S/C33H33FN6O6/c1-17-19(21-9-6-10-23(29(21)34)37-30(42)22-15-39(2)33(44)40(3)32(22)43)7-5-8-20(17)24-13-26-28(31(38-24)45-4)25(16-46-26)35-14-18-11-12-27(41)36-18/h5-10,13,15,18,25,35H,11-12,14,16H2,1-4H3,(H,36,41)(H,37,42). The van der Waals surface area contributed by atoms with Crippen LogP contribution in [0.15, 0.2) is 58.3 Å². The predicted octanol–water partition coefficient (Wildman–Crippen LogP) is 2.82. The Hall–Kier alpha value is -5.30. The molecule has 1 fully saturated rings. The molecule has 6 rings (SSSR count). The van der Waals surface area contributed by atoms with Gasteiger partial charge in [-0.25, -0.2) is 14.2 Å². The van der Waals surface area contributed by atoms with Gasteiger partial charge in [-0.2, -0.15) is 0 Å². The van der Waals surface area contributed by atoms with Crippen LogP contribution in [0.5, 0.6) is 11.6 Å². The lowest BCUT2D eigenvalue weighted by Gasteiger charge is -2.18. The van der Waals surface area contributed by atoms with Crippen molar-refractivity contribution in [2.24, 2.45) is 14.1 Å². The molecule has 1 saturated heterocycles. The van der Waals surface area contributed by atoms with Crippen LogP contribution in [0, 0.1) is 12.7 Å². The first-order valence-corrected chi connectivity index (χ1v) is 14.8. The van der Waals surface area contributed by atoms with Crippen LogP contribution in [-0.4, -0.2) is 52.2 Å². The molecule has 2 aromatic carbocycles. The van der Waals surface area contributed by atoms with Crippen LogP contribution in [0.1, 0.15) is 40.4 Å². The molecule has 2 aromatic heterocycles. The van der Waals surface area contributed by atoms with Crippen LogP contribution >= 0.6 is 0 Å². The maximum Gasteiger partial charge on any atom is 0.330 e. The molecule has 0 spiro atoms. The van der Waals surface area contributed by atoms with Gasteiger partial charge in [-0.1, -0.05) is 30.3 Å². The number of benzene rings is 2. The lowest BCUT2D eigenvalue weighted by atomic mass is 9.93. The van der Waals surface area contributed by atoms with E-state index in [1.54, 1.807) is 31.4 Å². The van der Waals surface area contributed by atoms with Gasteiger partial charge in [-0.3, -0.25) is 19.0 Å². The SMILES string of the molecule is COc1nc(-c2cccc(-c3cccc(NC(=O)c4cn(C)c(=O)n(C)c4=O)c3F)c2C)cc2c1C(NCC1CCC(=O)N1)CO2. The fourth-order valence-electron chi connectivity index (χ4n) is 5.97. The summed E-state index contributed by atoms with van der Waals surface area (Å²) in [5.74, 6) is -0.440. The Kier molecular flexibility index (Phi) is 8.17. The van der Waals surface area contributed by atoms with Gasteiger partial charge >= 0.3 is 5.69 Å². The van der Waals surface area contributed by atoms with Gasteiger partial charge < -0.3 is 30.0 Å². The van der Waals surface area contributed by atoms with Crippen LogP contribution in [-0.2, 0) is 18.9 Å². The number of aryl methyl sites for hydroxylation is 1. The molecule has 4 aromatic rings. The topological polar surface area (TPSA) is 146 Å². The van der Waals surface area contributed by atoms with E-state index in [-0.39, 0.29) is 34.8 Å². The summed E-state index contributed by atoms with van der Waals surface area (Å²) in [5.41, 5.74) is 1.86. The van der Waals surface area contributed by atoms with Crippen molar-refractivity contribution in [1.82, 2.24) is 24.8 Å². The van der Waals surface area contributed by atoms with Crippen molar-refractivity contribution in [1.29, 1.82) is 0 Å². The molecule has 2 amide bonds. The first kappa shape index (κ1) is 30.7. The number of nitrogens with zero attached hydrogens (tertiary/aromatic N) is 3. The molecule has 238 valence electrons. The van der Waals surface area contributed by atoms with E-state index in [1.165, 1.54) is 20.2 Å². The van der Waals surface area contributed by atoms with Gasteiger partial charge in [0.15, 0.2) is 5.82 Å². The number of anilines is 1. The number of methoxy groups -OCH3 is 1. The monoisotopic (exact) mass is 628 g/mol. The van der Waals surface area contributed by atoms with Gasteiger partial charge in [-0.05, 0) is 30.5 Å². The predicted molar refractivity (Wildman–Crippen MR) is 169 cm³/mol. The molecular formula is C33H33FN6O6. The molecule has 0 saturated carbocycles. The Labute approximate surface area is 263 Å². The summed E-state index contributed by atoms with van der Waals surface area (Å²) in [4.78, 5) is 53.9. The quantitative estimate of drug-likeness (QED) is 0.270. The van der Waals surface area contributed by atoms with Gasteiger partial charge in [0, 0.05) is 56.5 Å². The van der Waals surface area contributed by atoms with E-state index < -0.39 is 23.0 Å². The molecule has 2 unspecified atom stereocenters. The Bertz CT molecular complexity index is 2000. The number of fused-ring (bicyclic) bond motifs is 1. The largest absolute Gasteiger partial charge is 0.491 e. The Morgan fingerprint density at radius 2 is 1.87 bits per heavy atom. The number of ether oxygens (including phenoxy) is 2. The third-order valence-electron chi connectivity index (χ3n) is 8.47. The van der Waals surface area contributed by atoms with Crippen molar-refractivity contribution in [2.75, 3.05) is 25.6 Å². The molecule has 3 N–H and O–H groups in total. The van der Waals surface area contributed by atoms with Gasteiger partial charge in [0.05, 0.1) is 30.1 Å². The minimum atomic E-state index is -0.840. The highest BCUT2D eigenvalue weighted by Crippen LogP contribution is 2.42. The van der Waals surface area contributed by atoms with Crippen molar-refractivity contribution < 1.29 is 23.5 Å². The number of halogens is 1. The number of hydrogen-bond acceptors (Lipinski definition) is 8. The zero-order chi connectivity index (χ0) is 32.7. The van der Waals surface area contributed by atoms with Crippen molar-refractivity contribution in [2.45, 2.75) is 31.8 Å². The van der Waals surface area contributed by atoms with E-state index in [0.29, 0.717) is 42.5 Å². The molecule has 0 radical (unpaired) electrons. The molecule has 12 nitrogen and oxygen atoms in total. The minimum Gasteiger partial charge on any atom is -0.491 e. The third-order valence-corrected chi connectivity index (χ3v) is 8.47. The molecule has 2 aliphatic heterocycles. The minimum absolute atomic E-state index is 0.0566. The number of pyridine rings is 1. The van der Waals surface area contributed by atoms with E-state index in [9.17, 15) is 19.2 Å². The molecule has 13 heteroatoms. The molecular weight excluding hydrogens is 595 g/mol. The lowest BCUT2D eigenvalue weighted by Crippen LogP contribution is -2.40. The molecule has 0 bridgehead atoms. The lowest BCUT2D eigenvalue weighted by molar-refractivity contribution is -0.119. The number of aromatic nitrogens is 3. The van der Waals surface area contributed by atoms with Crippen molar-refractivity contribution in [3.05, 3.63) is 92.0 Å². The zero-order valence-electron chi connectivity index (χ0n) is 25.8. The summed E-state index contributed by atoms with van der Waals surface area (Å²) in [7, 11) is 4.23. The summed E-state index contributed by atoms with van der Waals surface area (Å²) in [6, 6.07) is 11.8. The molecule has 2 atom stereocenters. The fourth-order valence-corrected chi connectivity index (χ4v) is 5.97. The highest BCUT2D eigenvalue weighted by Gasteiger charge is 2.32. The second kappa shape index (κ2) is 12.2. The molecule has 46 heavy (non-hydrogen) atoms. The summed E-state index contributed by atoms with van der Waals surface area (Å²) < 4.78 is 29.6. The van der Waals surface area contributed by atoms with Gasteiger partial charge in [-0.15, -0.1) is 0 Å². The van der Waals surface area contributed by atoms with Crippen molar-refractivity contribution in [3.8, 4) is 34.0 Å².